The SMILES string of the molecule is NCCc1nc(C(=O)N2CCSC3CCCCC32)cs1. The summed E-state index contributed by atoms with van der Waals surface area (Å²) in [7, 11) is 0. The van der Waals surface area contributed by atoms with E-state index >= 15 is 0 Å². The van der Waals surface area contributed by atoms with Crippen molar-refractivity contribution >= 4 is 29.0 Å². The zero-order valence-corrected chi connectivity index (χ0v) is 13.2. The van der Waals surface area contributed by atoms with Gasteiger partial charge in [-0.2, -0.15) is 11.8 Å². The number of carbonyl (C=O) groups is 1. The molecule has 0 bridgehead atoms. The molecule has 110 valence electrons. The van der Waals surface area contributed by atoms with Gasteiger partial charge in [0.05, 0.1) is 5.01 Å². The summed E-state index contributed by atoms with van der Waals surface area (Å²) >= 11 is 3.60. The average molecular weight is 311 g/mol. The van der Waals surface area contributed by atoms with Gasteiger partial charge in [0.2, 0.25) is 0 Å². The highest BCUT2D eigenvalue weighted by Crippen LogP contribution is 2.36. The molecular weight excluding hydrogens is 290 g/mol. The minimum atomic E-state index is 0.127. The van der Waals surface area contributed by atoms with Crippen LogP contribution < -0.4 is 5.73 Å². The third kappa shape index (κ3) is 2.87. The summed E-state index contributed by atoms with van der Waals surface area (Å²) < 4.78 is 0. The van der Waals surface area contributed by atoms with E-state index in [1.807, 2.05) is 17.1 Å². The molecule has 1 saturated heterocycles. The minimum absolute atomic E-state index is 0.127. The van der Waals surface area contributed by atoms with E-state index in [0.29, 0.717) is 23.5 Å². The van der Waals surface area contributed by atoms with Gasteiger partial charge in [0.25, 0.3) is 5.91 Å². The number of aromatic nitrogens is 1. The Balaban J connectivity index is 1.74. The molecule has 0 radical (unpaired) electrons. The lowest BCUT2D eigenvalue weighted by Crippen LogP contribution is -2.51. The van der Waals surface area contributed by atoms with Crippen molar-refractivity contribution in [3.63, 3.8) is 0 Å². The van der Waals surface area contributed by atoms with Gasteiger partial charge in [0.15, 0.2) is 0 Å². The third-order valence-electron chi connectivity index (χ3n) is 4.12. The molecule has 1 aromatic rings. The molecule has 2 heterocycles. The quantitative estimate of drug-likeness (QED) is 0.929. The zero-order chi connectivity index (χ0) is 13.9. The van der Waals surface area contributed by atoms with Crippen molar-refractivity contribution in [2.75, 3.05) is 18.8 Å². The molecule has 2 N–H and O–H groups in total. The molecule has 4 nitrogen and oxygen atoms in total. The topological polar surface area (TPSA) is 59.2 Å². The van der Waals surface area contributed by atoms with Gasteiger partial charge in [-0.05, 0) is 19.4 Å². The van der Waals surface area contributed by atoms with Crippen LogP contribution in [0.1, 0.15) is 41.2 Å². The minimum Gasteiger partial charge on any atom is -0.332 e. The highest BCUT2D eigenvalue weighted by atomic mass is 32.2. The number of hydrogen-bond acceptors (Lipinski definition) is 5. The Bertz CT molecular complexity index is 475. The summed E-state index contributed by atoms with van der Waals surface area (Å²) in [4.78, 5) is 19.2. The molecule has 1 aliphatic carbocycles. The monoisotopic (exact) mass is 311 g/mol. The number of hydrogen-bond donors (Lipinski definition) is 1. The van der Waals surface area contributed by atoms with Crippen LogP contribution in [0.15, 0.2) is 5.38 Å². The Morgan fingerprint density at radius 2 is 2.30 bits per heavy atom. The van der Waals surface area contributed by atoms with Gasteiger partial charge in [-0.15, -0.1) is 11.3 Å². The van der Waals surface area contributed by atoms with Crippen LogP contribution in [-0.4, -0.2) is 45.9 Å². The molecule has 1 aromatic heterocycles. The van der Waals surface area contributed by atoms with E-state index in [1.54, 1.807) is 11.3 Å². The van der Waals surface area contributed by atoms with Crippen molar-refractivity contribution in [3.05, 3.63) is 16.1 Å². The van der Waals surface area contributed by atoms with Crippen molar-refractivity contribution < 1.29 is 4.79 Å². The van der Waals surface area contributed by atoms with Gasteiger partial charge >= 0.3 is 0 Å². The number of nitrogens with zero attached hydrogens (tertiary/aromatic N) is 2. The van der Waals surface area contributed by atoms with E-state index in [0.717, 1.165) is 30.1 Å². The second-order valence-electron chi connectivity index (χ2n) is 5.42. The van der Waals surface area contributed by atoms with Gasteiger partial charge < -0.3 is 10.6 Å². The molecule has 1 saturated carbocycles. The average Bonchev–Trinajstić information content (AvgIpc) is 2.95. The van der Waals surface area contributed by atoms with Gasteiger partial charge in [0.1, 0.15) is 5.69 Å². The highest BCUT2D eigenvalue weighted by Gasteiger charge is 2.37. The van der Waals surface area contributed by atoms with Crippen LogP contribution in [0, 0.1) is 0 Å². The maximum atomic E-state index is 12.7. The summed E-state index contributed by atoms with van der Waals surface area (Å²) in [5.74, 6) is 1.19. The van der Waals surface area contributed by atoms with Gasteiger partial charge in [-0.25, -0.2) is 4.98 Å². The van der Waals surface area contributed by atoms with Crippen LogP contribution in [0.3, 0.4) is 0 Å². The first-order valence-corrected chi connectivity index (χ1v) is 9.29. The number of fused-ring (bicyclic) bond motifs is 1. The Morgan fingerprint density at radius 3 is 3.15 bits per heavy atom. The smallest absolute Gasteiger partial charge is 0.273 e. The Morgan fingerprint density at radius 1 is 1.45 bits per heavy atom. The first-order chi connectivity index (χ1) is 9.79. The molecule has 0 aromatic carbocycles. The molecule has 2 fully saturated rings. The number of thioether (sulfide) groups is 1. The lowest BCUT2D eigenvalue weighted by molar-refractivity contribution is 0.0641. The number of carbonyl (C=O) groups excluding carboxylic acids is 1. The summed E-state index contributed by atoms with van der Waals surface area (Å²) in [5, 5.41) is 3.51. The molecule has 2 aliphatic rings. The van der Waals surface area contributed by atoms with Crippen LogP contribution in [0.5, 0.6) is 0 Å². The lowest BCUT2D eigenvalue weighted by Gasteiger charge is -2.43. The Labute approximate surface area is 128 Å². The first kappa shape index (κ1) is 14.4. The van der Waals surface area contributed by atoms with E-state index in [4.69, 9.17) is 5.73 Å². The first-order valence-electron chi connectivity index (χ1n) is 7.36. The summed E-state index contributed by atoms with van der Waals surface area (Å²) in [6, 6.07) is 0.426. The summed E-state index contributed by atoms with van der Waals surface area (Å²) in [6.45, 7) is 1.46. The highest BCUT2D eigenvalue weighted by molar-refractivity contribution is 8.00. The molecule has 3 rings (SSSR count). The molecule has 1 aliphatic heterocycles. The van der Waals surface area contributed by atoms with Gasteiger partial charge in [-0.3, -0.25) is 4.79 Å². The van der Waals surface area contributed by atoms with Crippen LogP contribution in [0.2, 0.25) is 0 Å². The summed E-state index contributed by atoms with van der Waals surface area (Å²) in [5.41, 5.74) is 6.16. The van der Waals surface area contributed by atoms with E-state index in [-0.39, 0.29) is 5.91 Å². The fourth-order valence-electron chi connectivity index (χ4n) is 3.14. The zero-order valence-electron chi connectivity index (χ0n) is 11.6. The number of nitrogens with two attached hydrogens (primary N) is 1. The summed E-state index contributed by atoms with van der Waals surface area (Å²) in [6.07, 6.45) is 5.74. The van der Waals surface area contributed by atoms with E-state index in [1.165, 1.54) is 19.3 Å². The fourth-order valence-corrected chi connectivity index (χ4v) is 5.37. The van der Waals surface area contributed by atoms with E-state index in [9.17, 15) is 4.79 Å². The van der Waals surface area contributed by atoms with Crippen molar-refractivity contribution in [3.8, 4) is 0 Å². The van der Waals surface area contributed by atoms with Gasteiger partial charge in [-0.1, -0.05) is 12.8 Å². The van der Waals surface area contributed by atoms with Crippen LogP contribution in [-0.2, 0) is 6.42 Å². The molecule has 0 spiro atoms. The predicted octanol–water partition coefficient (Wildman–Crippen LogP) is 2.14. The largest absolute Gasteiger partial charge is 0.332 e. The fraction of sp³-hybridized carbons (Fsp3) is 0.714. The predicted molar refractivity (Wildman–Crippen MR) is 84.4 cm³/mol. The number of amides is 1. The lowest BCUT2D eigenvalue weighted by atomic mass is 9.93. The van der Waals surface area contributed by atoms with Gasteiger partial charge in [0, 0.05) is 35.4 Å². The molecule has 20 heavy (non-hydrogen) atoms. The molecule has 6 heteroatoms. The maximum absolute atomic E-state index is 12.7. The molecular formula is C14H21N3OS2. The van der Waals surface area contributed by atoms with Crippen molar-refractivity contribution in [1.82, 2.24) is 9.88 Å². The second-order valence-corrected chi connectivity index (χ2v) is 7.71. The normalized spacial score (nSPS) is 26.4. The van der Waals surface area contributed by atoms with Crippen LogP contribution in [0.4, 0.5) is 0 Å². The number of thiazole rings is 1. The maximum Gasteiger partial charge on any atom is 0.273 e. The standard InChI is InChI=1S/C14H21N3OS2/c15-6-5-13-16-10(9-20-13)14(18)17-7-8-19-12-4-2-1-3-11(12)17/h9,11-12H,1-8,15H2. The van der Waals surface area contributed by atoms with Crippen molar-refractivity contribution in [2.45, 2.75) is 43.4 Å². The van der Waals surface area contributed by atoms with Crippen molar-refractivity contribution in [1.29, 1.82) is 0 Å². The third-order valence-corrected chi connectivity index (χ3v) is 6.43. The second kappa shape index (κ2) is 6.45. The molecule has 2 unspecified atom stereocenters. The van der Waals surface area contributed by atoms with Crippen LogP contribution >= 0.6 is 23.1 Å². The van der Waals surface area contributed by atoms with E-state index < -0.39 is 0 Å². The van der Waals surface area contributed by atoms with Crippen LogP contribution in [0.25, 0.3) is 0 Å². The Kier molecular flexibility index (Phi) is 4.63. The molecule has 2 atom stereocenters. The number of rotatable bonds is 3. The van der Waals surface area contributed by atoms with E-state index in [2.05, 4.69) is 9.88 Å². The van der Waals surface area contributed by atoms with Crippen molar-refractivity contribution in [2.24, 2.45) is 5.73 Å². The Hall–Kier alpha value is -0.590. The molecule has 1 amide bonds.